The standard InChI is InChI=1S/C23H33N3O5/c1-15(2)23(30)14-31-19-10-16(5-6-17(19)11-20(23)24)12-25-21(28)7-8-22(29)26-9-3-4-18(26)13-27/h5-6,10,15,18,24,27,30H,3-4,7-9,11-14H2,1-2H3,(H,25,28)/t18-,23+/m0/s1. The van der Waals surface area contributed by atoms with E-state index >= 15 is 0 Å². The number of hydrogen-bond acceptors (Lipinski definition) is 6. The largest absolute Gasteiger partial charge is 0.490 e. The summed E-state index contributed by atoms with van der Waals surface area (Å²) in [6.07, 6.45) is 2.25. The third kappa shape index (κ3) is 5.25. The van der Waals surface area contributed by atoms with Crippen molar-refractivity contribution in [3.05, 3.63) is 29.3 Å². The average Bonchev–Trinajstić information content (AvgIpc) is 3.19. The van der Waals surface area contributed by atoms with Gasteiger partial charge in [0.2, 0.25) is 11.8 Å². The second kappa shape index (κ2) is 9.78. The molecule has 1 fully saturated rings. The van der Waals surface area contributed by atoms with Crippen LogP contribution in [0.4, 0.5) is 0 Å². The number of carbonyl (C=O) groups excluding carboxylic acids is 2. The number of carbonyl (C=O) groups is 2. The van der Waals surface area contributed by atoms with Crippen molar-refractivity contribution in [1.82, 2.24) is 10.2 Å². The number of benzene rings is 1. The van der Waals surface area contributed by atoms with Gasteiger partial charge in [-0.3, -0.25) is 9.59 Å². The zero-order chi connectivity index (χ0) is 22.6. The summed E-state index contributed by atoms with van der Waals surface area (Å²) in [5.74, 6) is 0.182. The molecular weight excluding hydrogens is 398 g/mol. The lowest BCUT2D eigenvalue weighted by atomic mass is 9.84. The average molecular weight is 432 g/mol. The van der Waals surface area contributed by atoms with E-state index in [0.717, 1.165) is 24.0 Å². The molecule has 8 heteroatoms. The number of fused-ring (bicyclic) bond motifs is 1. The van der Waals surface area contributed by atoms with Gasteiger partial charge in [-0.25, -0.2) is 0 Å². The molecule has 170 valence electrons. The van der Waals surface area contributed by atoms with Crippen molar-refractivity contribution in [2.75, 3.05) is 19.8 Å². The molecule has 2 atom stereocenters. The van der Waals surface area contributed by atoms with Gasteiger partial charge in [0.1, 0.15) is 18.0 Å². The Kier molecular flexibility index (Phi) is 7.33. The van der Waals surface area contributed by atoms with Crippen LogP contribution in [0.5, 0.6) is 5.75 Å². The molecule has 4 N–H and O–H groups in total. The van der Waals surface area contributed by atoms with Gasteiger partial charge in [0.15, 0.2) is 0 Å². The lowest BCUT2D eigenvalue weighted by molar-refractivity contribution is -0.134. The zero-order valence-electron chi connectivity index (χ0n) is 18.3. The van der Waals surface area contributed by atoms with Crippen molar-refractivity contribution in [2.24, 2.45) is 5.92 Å². The van der Waals surface area contributed by atoms with Crippen molar-refractivity contribution in [2.45, 2.75) is 64.1 Å². The van der Waals surface area contributed by atoms with Crippen LogP contribution in [0.15, 0.2) is 18.2 Å². The molecule has 0 aromatic heterocycles. The van der Waals surface area contributed by atoms with Crippen LogP contribution >= 0.6 is 0 Å². The molecule has 2 heterocycles. The van der Waals surface area contributed by atoms with E-state index in [1.54, 1.807) is 4.90 Å². The van der Waals surface area contributed by atoms with Crippen LogP contribution in [-0.4, -0.2) is 64.0 Å². The Balaban J connectivity index is 1.52. The first-order chi connectivity index (χ1) is 14.7. The van der Waals surface area contributed by atoms with Crippen LogP contribution in [0.1, 0.15) is 50.7 Å². The normalized spacial score (nSPS) is 23.3. The third-order valence-electron chi connectivity index (χ3n) is 6.39. The van der Waals surface area contributed by atoms with Crippen molar-refractivity contribution in [3.8, 4) is 5.75 Å². The third-order valence-corrected chi connectivity index (χ3v) is 6.39. The Labute approximate surface area is 183 Å². The predicted octanol–water partition coefficient (Wildman–Crippen LogP) is 1.41. The highest BCUT2D eigenvalue weighted by atomic mass is 16.5. The lowest BCUT2D eigenvalue weighted by Crippen LogP contribution is -2.48. The lowest BCUT2D eigenvalue weighted by Gasteiger charge is -2.30. The summed E-state index contributed by atoms with van der Waals surface area (Å²) in [5, 5.41) is 31.2. The molecule has 8 nitrogen and oxygen atoms in total. The van der Waals surface area contributed by atoms with E-state index in [1.807, 2.05) is 32.0 Å². The molecule has 0 spiro atoms. The van der Waals surface area contributed by atoms with Crippen LogP contribution < -0.4 is 10.1 Å². The maximum absolute atomic E-state index is 12.3. The summed E-state index contributed by atoms with van der Waals surface area (Å²) < 4.78 is 5.83. The van der Waals surface area contributed by atoms with Gasteiger partial charge in [-0.2, -0.15) is 0 Å². The molecule has 0 saturated carbocycles. The van der Waals surface area contributed by atoms with E-state index in [2.05, 4.69) is 5.32 Å². The Hall–Kier alpha value is -2.45. The number of likely N-dealkylation sites (tertiary alicyclic amines) is 1. The molecule has 1 aromatic carbocycles. The molecule has 2 aliphatic rings. The van der Waals surface area contributed by atoms with Crippen LogP contribution in [0.3, 0.4) is 0 Å². The number of amides is 2. The monoisotopic (exact) mass is 431 g/mol. The molecule has 2 amide bonds. The number of ether oxygens (including phenoxy) is 1. The Bertz CT molecular complexity index is 841. The molecule has 31 heavy (non-hydrogen) atoms. The summed E-state index contributed by atoms with van der Waals surface area (Å²) in [6, 6.07) is 5.45. The van der Waals surface area contributed by atoms with Crippen LogP contribution in [0, 0.1) is 11.3 Å². The number of rotatable bonds is 7. The number of nitrogens with one attached hydrogen (secondary N) is 2. The molecular formula is C23H33N3O5. The van der Waals surface area contributed by atoms with Crippen LogP contribution in [0.25, 0.3) is 0 Å². The highest BCUT2D eigenvalue weighted by Gasteiger charge is 2.39. The Morgan fingerprint density at radius 3 is 2.84 bits per heavy atom. The van der Waals surface area contributed by atoms with E-state index in [9.17, 15) is 19.8 Å². The molecule has 1 saturated heterocycles. The van der Waals surface area contributed by atoms with Gasteiger partial charge in [-0.05, 0) is 36.0 Å². The van der Waals surface area contributed by atoms with Gasteiger partial charge >= 0.3 is 0 Å². The second-order valence-corrected chi connectivity index (χ2v) is 8.81. The van der Waals surface area contributed by atoms with E-state index in [0.29, 0.717) is 25.3 Å². The summed E-state index contributed by atoms with van der Waals surface area (Å²) in [4.78, 5) is 26.2. The smallest absolute Gasteiger partial charge is 0.223 e. The highest BCUT2D eigenvalue weighted by molar-refractivity contribution is 5.93. The van der Waals surface area contributed by atoms with Crippen molar-refractivity contribution in [3.63, 3.8) is 0 Å². The quantitative estimate of drug-likeness (QED) is 0.520. The fourth-order valence-electron chi connectivity index (χ4n) is 4.13. The molecule has 3 rings (SSSR count). The Morgan fingerprint density at radius 1 is 1.35 bits per heavy atom. The SMILES string of the molecule is CC(C)[C@]1(O)COc2cc(CNC(=O)CCC(=O)N3CCC[C@H]3CO)ccc2CC1=N. The van der Waals surface area contributed by atoms with Crippen molar-refractivity contribution >= 4 is 17.5 Å². The van der Waals surface area contributed by atoms with Gasteiger partial charge in [0.05, 0.1) is 12.6 Å². The first-order valence-corrected chi connectivity index (χ1v) is 11.0. The van der Waals surface area contributed by atoms with Gasteiger partial charge in [-0.15, -0.1) is 0 Å². The molecule has 0 aliphatic carbocycles. The highest BCUT2D eigenvalue weighted by Crippen LogP contribution is 2.31. The topological polar surface area (TPSA) is 123 Å². The van der Waals surface area contributed by atoms with Crippen molar-refractivity contribution < 1.29 is 24.5 Å². The zero-order valence-corrected chi connectivity index (χ0v) is 18.3. The number of hydrogen-bond donors (Lipinski definition) is 4. The van der Waals surface area contributed by atoms with Crippen molar-refractivity contribution in [1.29, 1.82) is 5.41 Å². The minimum atomic E-state index is -1.29. The fourth-order valence-corrected chi connectivity index (χ4v) is 4.13. The predicted molar refractivity (Wildman–Crippen MR) is 116 cm³/mol. The van der Waals surface area contributed by atoms with Gasteiger partial charge in [0.25, 0.3) is 0 Å². The van der Waals surface area contributed by atoms with E-state index in [-0.39, 0.29) is 55.5 Å². The molecule has 1 aromatic rings. The molecule has 2 aliphatic heterocycles. The van der Waals surface area contributed by atoms with Crippen LogP contribution in [-0.2, 0) is 22.6 Å². The van der Waals surface area contributed by atoms with Gasteiger partial charge < -0.3 is 30.6 Å². The van der Waals surface area contributed by atoms with Gasteiger partial charge in [0, 0.05) is 38.1 Å². The molecule has 0 radical (unpaired) electrons. The van der Waals surface area contributed by atoms with E-state index < -0.39 is 5.60 Å². The van der Waals surface area contributed by atoms with E-state index in [4.69, 9.17) is 10.1 Å². The van der Waals surface area contributed by atoms with Crippen LogP contribution in [0.2, 0.25) is 0 Å². The summed E-state index contributed by atoms with van der Waals surface area (Å²) in [6.45, 7) is 4.68. The maximum Gasteiger partial charge on any atom is 0.223 e. The first kappa shape index (κ1) is 23.2. The first-order valence-electron chi connectivity index (χ1n) is 11.0. The summed E-state index contributed by atoms with van der Waals surface area (Å²) in [5.41, 5.74) is 0.643. The second-order valence-electron chi connectivity index (χ2n) is 8.81. The van der Waals surface area contributed by atoms with Gasteiger partial charge in [-0.1, -0.05) is 26.0 Å². The summed E-state index contributed by atoms with van der Waals surface area (Å²) >= 11 is 0. The Morgan fingerprint density at radius 2 is 2.13 bits per heavy atom. The molecule has 0 unspecified atom stereocenters. The van der Waals surface area contributed by atoms with E-state index in [1.165, 1.54) is 0 Å². The fraction of sp³-hybridized carbons (Fsp3) is 0.609. The minimum absolute atomic E-state index is 0.0275. The number of aliphatic hydroxyl groups excluding tert-OH is 1. The number of aliphatic hydroxyl groups is 2. The minimum Gasteiger partial charge on any atom is -0.490 e. The number of nitrogens with zero attached hydrogens (tertiary/aromatic N) is 1. The maximum atomic E-state index is 12.3. The summed E-state index contributed by atoms with van der Waals surface area (Å²) in [7, 11) is 0. The molecule has 0 bridgehead atoms.